The molecule has 0 atom stereocenters. The quantitative estimate of drug-likeness (QED) is 0.298. The molecule has 0 amide bonds. The summed E-state index contributed by atoms with van der Waals surface area (Å²) in [5.41, 5.74) is 0. The van der Waals surface area contributed by atoms with E-state index in [4.69, 9.17) is 0 Å². The Balaban J connectivity index is 4.29. The summed E-state index contributed by atoms with van der Waals surface area (Å²) in [5, 5.41) is 9.50. The number of nitrogens with zero attached hydrogens (tertiary/aromatic N) is 1. The van der Waals surface area contributed by atoms with E-state index in [1.165, 1.54) is 38.0 Å². The summed E-state index contributed by atoms with van der Waals surface area (Å²) in [5.74, 6) is 2.72. The Bertz CT molecular complexity index is 209. The average Bonchev–Trinajstić information content (AvgIpc) is 2.32. The highest BCUT2D eigenvalue weighted by atomic mass is 31.2. The Labute approximate surface area is 102 Å². The lowest BCUT2D eigenvalue weighted by molar-refractivity contribution is 0.852. The van der Waals surface area contributed by atoms with E-state index in [0.29, 0.717) is 0 Å². The van der Waals surface area contributed by atoms with Gasteiger partial charge in [-0.15, -0.1) is 6.58 Å². The van der Waals surface area contributed by atoms with E-state index in [1.54, 1.807) is 0 Å². The van der Waals surface area contributed by atoms with Crippen LogP contribution in [0.1, 0.15) is 52.4 Å². The van der Waals surface area contributed by atoms with E-state index in [0.717, 1.165) is 19.0 Å². The molecule has 0 bridgehead atoms. The molecule has 0 saturated carbocycles. The van der Waals surface area contributed by atoms with Crippen LogP contribution >= 0.6 is 7.26 Å². The molecule has 2 heteroatoms. The van der Waals surface area contributed by atoms with Gasteiger partial charge in [0.15, 0.2) is 0 Å². The Morgan fingerprint density at radius 2 is 1.56 bits per heavy atom. The molecule has 0 aliphatic carbocycles. The smallest absolute Gasteiger partial charge is 0.152 e. The van der Waals surface area contributed by atoms with Crippen molar-refractivity contribution in [1.82, 2.24) is 0 Å². The predicted octanol–water partition coefficient (Wildman–Crippen LogP) is 5.05. The molecule has 92 valence electrons. The second-order valence-electron chi connectivity index (χ2n) is 4.55. The fraction of sp³-hybridized carbons (Fsp3) is 0.786. The second-order valence-corrected chi connectivity index (χ2v) is 8.39. The Morgan fingerprint density at radius 3 is 1.94 bits per heavy atom. The predicted molar refractivity (Wildman–Crippen MR) is 76.4 cm³/mol. The molecule has 0 fully saturated rings. The summed E-state index contributed by atoms with van der Waals surface area (Å²) < 4.78 is 0. The van der Waals surface area contributed by atoms with Crippen molar-refractivity contribution in [1.29, 1.82) is 5.26 Å². The zero-order chi connectivity index (χ0) is 12.3. The Morgan fingerprint density at radius 1 is 1.06 bits per heavy atom. The Kier molecular flexibility index (Phi) is 9.65. The summed E-state index contributed by atoms with van der Waals surface area (Å²) in [7, 11) is -1.28. The van der Waals surface area contributed by atoms with Gasteiger partial charge in [0, 0.05) is 0 Å². The SMILES string of the molecule is C=CCCC[P+](C#N)(CCCC)CCCC. The van der Waals surface area contributed by atoms with Crippen LogP contribution in [0.5, 0.6) is 0 Å². The van der Waals surface area contributed by atoms with Crippen molar-refractivity contribution >= 4 is 7.26 Å². The van der Waals surface area contributed by atoms with Gasteiger partial charge in [-0.2, -0.15) is 5.26 Å². The minimum Gasteiger partial charge on any atom is -0.152 e. The molecular formula is C14H27NP+. The molecule has 16 heavy (non-hydrogen) atoms. The van der Waals surface area contributed by atoms with Crippen molar-refractivity contribution in [2.24, 2.45) is 0 Å². The molecule has 0 unspecified atom stereocenters. The first-order valence-electron chi connectivity index (χ1n) is 6.63. The van der Waals surface area contributed by atoms with Gasteiger partial charge in [-0.3, -0.25) is 0 Å². The largest absolute Gasteiger partial charge is 0.238 e. The monoisotopic (exact) mass is 240 g/mol. The van der Waals surface area contributed by atoms with Crippen LogP contribution in [0.15, 0.2) is 12.7 Å². The molecule has 1 nitrogen and oxygen atoms in total. The van der Waals surface area contributed by atoms with Gasteiger partial charge in [-0.1, -0.05) is 32.8 Å². The van der Waals surface area contributed by atoms with Gasteiger partial charge >= 0.3 is 0 Å². The summed E-state index contributed by atoms with van der Waals surface area (Å²) in [6.45, 7) is 8.20. The van der Waals surface area contributed by atoms with Crippen molar-refractivity contribution in [3.63, 3.8) is 0 Å². The van der Waals surface area contributed by atoms with Gasteiger partial charge in [-0.25, -0.2) is 0 Å². The van der Waals surface area contributed by atoms with Crippen LogP contribution in [0.4, 0.5) is 0 Å². The highest BCUT2D eigenvalue weighted by molar-refractivity contribution is 7.80. The maximum atomic E-state index is 9.50. The van der Waals surface area contributed by atoms with E-state index >= 15 is 0 Å². The van der Waals surface area contributed by atoms with Crippen molar-refractivity contribution in [3.05, 3.63) is 12.7 Å². The number of allylic oxidation sites excluding steroid dienone is 1. The molecule has 0 aliphatic heterocycles. The maximum Gasteiger partial charge on any atom is 0.238 e. The first-order valence-corrected chi connectivity index (χ1v) is 8.97. The van der Waals surface area contributed by atoms with E-state index in [1.807, 2.05) is 6.08 Å². The van der Waals surface area contributed by atoms with Crippen LogP contribution in [0.2, 0.25) is 0 Å². The van der Waals surface area contributed by atoms with Gasteiger partial charge < -0.3 is 0 Å². The molecule has 0 N–H and O–H groups in total. The van der Waals surface area contributed by atoms with Crippen LogP contribution in [-0.4, -0.2) is 18.5 Å². The molecule has 0 aromatic heterocycles. The number of hydrogen-bond donors (Lipinski definition) is 0. The molecule has 0 saturated heterocycles. The third kappa shape index (κ3) is 6.29. The molecule has 0 aliphatic rings. The third-order valence-electron chi connectivity index (χ3n) is 3.09. The normalized spacial score (nSPS) is 11.1. The summed E-state index contributed by atoms with van der Waals surface area (Å²) in [4.78, 5) is 0. The second kappa shape index (κ2) is 9.86. The lowest BCUT2D eigenvalue weighted by Gasteiger charge is -2.18. The molecule has 0 radical (unpaired) electrons. The van der Waals surface area contributed by atoms with Gasteiger partial charge in [0.1, 0.15) is 7.26 Å². The summed E-state index contributed by atoms with van der Waals surface area (Å²) >= 11 is 0. The number of rotatable bonds is 10. The number of nitriles is 1. The first-order chi connectivity index (χ1) is 7.74. The first kappa shape index (κ1) is 15.7. The molecule has 0 rings (SSSR count). The molecular weight excluding hydrogens is 213 g/mol. The average molecular weight is 240 g/mol. The highest BCUT2D eigenvalue weighted by Gasteiger charge is 2.36. The topological polar surface area (TPSA) is 23.8 Å². The van der Waals surface area contributed by atoms with Crippen LogP contribution in [-0.2, 0) is 0 Å². The van der Waals surface area contributed by atoms with Crippen molar-refractivity contribution in [2.75, 3.05) is 18.5 Å². The van der Waals surface area contributed by atoms with E-state index in [2.05, 4.69) is 26.2 Å². The molecule has 0 spiro atoms. The van der Waals surface area contributed by atoms with Crippen LogP contribution in [0, 0.1) is 11.1 Å². The van der Waals surface area contributed by atoms with Crippen molar-refractivity contribution in [3.8, 4) is 5.81 Å². The highest BCUT2D eigenvalue weighted by Crippen LogP contribution is 2.59. The lowest BCUT2D eigenvalue weighted by atomic mass is 10.3. The molecule has 0 heterocycles. The zero-order valence-electron chi connectivity index (χ0n) is 11.0. The fourth-order valence-electron chi connectivity index (χ4n) is 1.95. The fourth-order valence-corrected chi connectivity index (χ4v) is 5.55. The van der Waals surface area contributed by atoms with Crippen LogP contribution in [0.3, 0.4) is 0 Å². The van der Waals surface area contributed by atoms with Crippen molar-refractivity contribution < 1.29 is 0 Å². The lowest BCUT2D eigenvalue weighted by Crippen LogP contribution is -2.06. The van der Waals surface area contributed by atoms with E-state index in [-0.39, 0.29) is 0 Å². The minimum absolute atomic E-state index is 1.07. The maximum absolute atomic E-state index is 9.50. The van der Waals surface area contributed by atoms with E-state index in [9.17, 15) is 5.26 Å². The zero-order valence-corrected chi connectivity index (χ0v) is 11.9. The van der Waals surface area contributed by atoms with Gasteiger partial charge in [0.05, 0.1) is 18.5 Å². The summed E-state index contributed by atoms with van der Waals surface area (Å²) in [6.07, 6.45) is 12.7. The molecule has 0 aromatic carbocycles. The Hall–Kier alpha value is -0.340. The number of hydrogen-bond acceptors (Lipinski definition) is 1. The summed E-state index contributed by atoms with van der Waals surface area (Å²) in [6, 6.07) is 0. The van der Waals surface area contributed by atoms with Crippen molar-refractivity contribution in [2.45, 2.75) is 52.4 Å². The van der Waals surface area contributed by atoms with Gasteiger partial charge in [-0.05, 0) is 25.7 Å². The van der Waals surface area contributed by atoms with E-state index < -0.39 is 7.26 Å². The van der Waals surface area contributed by atoms with Gasteiger partial charge in [0.2, 0.25) is 5.81 Å². The number of unbranched alkanes of at least 4 members (excludes halogenated alkanes) is 3. The standard InChI is InChI=1S/C14H27NP/c1-4-7-10-13-16(14-15,11-8-5-2)12-9-6-3/h4H,1,5-13H2,2-3H3/q+1. The molecule has 0 aromatic rings. The van der Waals surface area contributed by atoms with Crippen LogP contribution in [0.25, 0.3) is 0 Å². The minimum atomic E-state index is -1.28. The third-order valence-corrected chi connectivity index (χ3v) is 7.03. The van der Waals surface area contributed by atoms with Crippen LogP contribution < -0.4 is 0 Å². The van der Waals surface area contributed by atoms with Gasteiger partial charge in [0.25, 0.3) is 0 Å².